The van der Waals surface area contributed by atoms with Crippen LogP contribution in [-0.2, 0) is 27.8 Å². The number of hydrogen-bond donors (Lipinski definition) is 1. The molecule has 6 nitrogen and oxygen atoms in total. The Morgan fingerprint density at radius 2 is 1.50 bits per heavy atom. The second kappa shape index (κ2) is 10.8. The van der Waals surface area contributed by atoms with E-state index in [9.17, 15) is 13.2 Å². The first-order valence-corrected chi connectivity index (χ1v) is 12.0. The van der Waals surface area contributed by atoms with E-state index in [1.165, 1.54) is 16.4 Å². The van der Waals surface area contributed by atoms with Gasteiger partial charge in [-0.15, -0.1) is 0 Å². The Balaban J connectivity index is 1.87. The number of aryl methyl sites for hydroxylation is 1. The second-order valence-electron chi connectivity index (χ2n) is 7.12. The molecule has 0 aliphatic carbocycles. The van der Waals surface area contributed by atoms with Crippen LogP contribution in [0.4, 0.5) is 5.69 Å². The molecule has 0 bridgehead atoms. The minimum absolute atomic E-state index is 0.139. The molecule has 32 heavy (non-hydrogen) atoms. The smallest absolute Gasteiger partial charge is 0.264 e. The Hall–Kier alpha value is -3.32. The Bertz CT molecular complexity index is 1150. The summed E-state index contributed by atoms with van der Waals surface area (Å²) in [5.74, 6) is 0.294. The summed E-state index contributed by atoms with van der Waals surface area (Å²) in [5.41, 5.74) is 2.18. The first kappa shape index (κ1) is 23.3. The monoisotopic (exact) mass is 452 g/mol. The zero-order valence-corrected chi connectivity index (χ0v) is 19.1. The van der Waals surface area contributed by atoms with Crippen LogP contribution in [0.15, 0.2) is 83.8 Å². The average Bonchev–Trinajstić information content (AvgIpc) is 2.82. The fourth-order valence-electron chi connectivity index (χ4n) is 3.40. The van der Waals surface area contributed by atoms with E-state index in [1.807, 2.05) is 50.2 Å². The molecule has 0 atom stereocenters. The van der Waals surface area contributed by atoms with Gasteiger partial charge in [0, 0.05) is 12.1 Å². The summed E-state index contributed by atoms with van der Waals surface area (Å²) in [6.07, 6.45) is 0.639. The average molecular weight is 453 g/mol. The number of amides is 1. The van der Waals surface area contributed by atoms with Crippen molar-refractivity contribution < 1.29 is 17.9 Å². The zero-order valence-electron chi connectivity index (χ0n) is 18.3. The topological polar surface area (TPSA) is 75.7 Å². The summed E-state index contributed by atoms with van der Waals surface area (Å²) in [5, 5.41) is 2.83. The summed E-state index contributed by atoms with van der Waals surface area (Å²) < 4.78 is 33.7. The van der Waals surface area contributed by atoms with Crippen molar-refractivity contribution in [1.82, 2.24) is 5.32 Å². The lowest BCUT2D eigenvalue weighted by atomic mass is 10.1. The highest BCUT2D eigenvalue weighted by molar-refractivity contribution is 7.92. The van der Waals surface area contributed by atoms with Crippen molar-refractivity contribution >= 4 is 21.6 Å². The van der Waals surface area contributed by atoms with Crippen molar-refractivity contribution in [3.05, 3.63) is 90.0 Å². The molecule has 7 heteroatoms. The third-order valence-corrected chi connectivity index (χ3v) is 6.78. The fourth-order valence-corrected chi connectivity index (χ4v) is 4.88. The highest BCUT2D eigenvalue weighted by atomic mass is 32.2. The van der Waals surface area contributed by atoms with Gasteiger partial charge in [0.25, 0.3) is 10.0 Å². The molecule has 0 fully saturated rings. The molecule has 3 aromatic carbocycles. The lowest BCUT2D eigenvalue weighted by molar-refractivity contribution is -0.119. The largest absolute Gasteiger partial charge is 0.494 e. The molecule has 1 amide bonds. The minimum Gasteiger partial charge on any atom is -0.494 e. The molecule has 0 unspecified atom stereocenters. The maximum absolute atomic E-state index is 13.5. The van der Waals surface area contributed by atoms with E-state index in [4.69, 9.17) is 4.74 Å². The van der Waals surface area contributed by atoms with Gasteiger partial charge in [-0.05, 0) is 43.2 Å². The summed E-state index contributed by atoms with van der Waals surface area (Å²) in [6.45, 7) is 4.28. The van der Waals surface area contributed by atoms with Gasteiger partial charge in [-0.3, -0.25) is 9.10 Å². The second-order valence-corrected chi connectivity index (χ2v) is 8.99. The molecule has 3 rings (SSSR count). The number of benzene rings is 3. The molecular formula is C25H28N2O4S. The van der Waals surface area contributed by atoms with Crippen molar-refractivity contribution in [3.8, 4) is 5.75 Å². The van der Waals surface area contributed by atoms with Gasteiger partial charge in [-0.25, -0.2) is 8.42 Å². The lowest BCUT2D eigenvalue weighted by Crippen LogP contribution is -2.41. The maximum atomic E-state index is 13.5. The third kappa shape index (κ3) is 5.48. The number of carbonyl (C=O) groups excluding carboxylic acids is 1. The van der Waals surface area contributed by atoms with Gasteiger partial charge in [0.05, 0.1) is 17.2 Å². The first-order valence-electron chi connectivity index (χ1n) is 10.6. The van der Waals surface area contributed by atoms with Gasteiger partial charge in [0.2, 0.25) is 5.91 Å². The fraction of sp³-hybridized carbons (Fsp3) is 0.240. The molecule has 0 radical (unpaired) electrons. The van der Waals surface area contributed by atoms with Gasteiger partial charge >= 0.3 is 0 Å². The van der Waals surface area contributed by atoms with Gasteiger partial charge in [-0.2, -0.15) is 0 Å². The lowest BCUT2D eigenvalue weighted by Gasteiger charge is -2.26. The molecule has 0 saturated heterocycles. The van der Waals surface area contributed by atoms with Crippen LogP contribution < -0.4 is 14.4 Å². The van der Waals surface area contributed by atoms with E-state index in [0.29, 0.717) is 24.5 Å². The molecule has 0 aromatic heterocycles. The molecule has 1 N–H and O–H groups in total. The molecule has 0 spiro atoms. The predicted octanol–water partition coefficient (Wildman–Crippen LogP) is 4.16. The normalized spacial score (nSPS) is 11.1. The zero-order chi connectivity index (χ0) is 23.0. The number of para-hydroxylation sites is 2. The van der Waals surface area contributed by atoms with Crippen molar-refractivity contribution in [2.45, 2.75) is 31.7 Å². The first-order chi connectivity index (χ1) is 15.5. The number of carbonyl (C=O) groups is 1. The summed E-state index contributed by atoms with van der Waals surface area (Å²) >= 11 is 0. The minimum atomic E-state index is -3.93. The van der Waals surface area contributed by atoms with Gasteiger partial charge in [-0.1, -0.05) is 61.5 Å². The number of hydrogen-bond acceptors (Lipinski definition) is 4. The number of nitrogens with zero attached hydrogens (tertiary/aromatic N) is 1. The number of anilines is 1. The predicted molar refractivity (Wildman–Crippen MR) is 126 cm³/mol. The van der Waals surface area contributed by atoms with E-state index < -0.39 is 15.9 Å². The van der Waals surface area contributed by atoms with E-state index >= 15 is 0 Å². The Labute approximate surface area is 189 Å². The molecule has 168 valence electrons. The van der Waals surface area contributed by atoms with Crippen molar-refractivity contribution in [3.63, 3.8) is 0 Å². The molecule has 3 aromatic rings. The Morgan fingerprint density at radius 3 is 2.19 bits per heavy atom. The van der Waals surface area contributed by atoms with Crippen LogP contribution >= 0.6 is 0 Å². The molecule has 0 aliphatic rings. The molecule has 0 saturated carbocycles. The molecule has 0 aliphatic heterocycles. The van der Waals surface area contributed by atoms with Crippen LogP contribution in [0.5, 0.6) is 5.75 Å². The van der Waals surface area contributed by atoms with Crippen LogP contribution in [0.25, 0.3) is 0 Å². The van der Waals surface area contributed by atoms with Gasteiger partial charge in [0.1, 0.15) is 12.3 Å². The van der Waals surface area contributed by atoms with Crippen molar-refractivity contribution in [2.75, 3.05) is 17.5 Å². The molecular weight excluding hydrogens is 424 g/mol. The van der Waals surface area contributed by atoms with Gasteiger partial charge < -0.3 is 10.1 Å². The van der Waals surface area contributed by atoms with E-state index in [1.54, 1.807) is 30.3 Å². The van der Waals surface area contributed by atoms with Crippen LogP contribution in [-0.4, -0.2) is 27.5 Å². The standard InChI is InChI=1S/C25H28N2O4S/c1-3-20-12-8-10-16-23(20)27(32(29,30)22-14-6-5-7-15-22)19-25(28)26-18-21-13-9-11-17-24(21)31-4-2/h5-17H,3-4,18-19H2,1-2H3,(H,26,28). The van der Waals surface area contributed by atoms with Gasteiger partial charge in [0.15, 0.2) is 0 Å². The number of ether oxygens (including phenoxy) is 1. The highest BCUT2D eigenvalue weighted by Crippen LogP contribution is 2.27. The quantitative estimate of drug-likeness (QED) is 0.501. The van der Waals surface area contributed by atoms with Crippen LogP contribution in [0.2, 0.25) is 0 Å². The summed E-state index contributed by atoms with van der Waals surface area (Å²) in [7, 11) is -3.93. The van der Waals surface area contributed by atoms with Crippen molar-refractivity contribution in [1.29, 1.82) is 0 Å². The SMILES string of the molecule is CCOc1ccccc1CNC(=O)CN(c1ccccc1CC)S(=O)(=O)c1ccccc1. The van der Waals surface area contributed by atoms with E-state index in [0.717, 1.165) is 11.1 Å². The molecule has 0 heterocycles. The Morgan fingerprint density at radius 1 is 0.875 bits per heavy atom. The van der Waals surface area contributed by atoms with Crippen molar-refractivity contribution in [2.24, 2.45) is 0 Å². The van der Waals surface area contributed by atoms with E-state index in [2.05, 4.69) is 5.32 Å². The maximum Gasteiger partial charge on any atom is 0.264 e. The summed E-state index contributed by atoms with van der Waals surface area (Å²) in [6, 6.07) is 22.9. The third-order valence-electron chi connectivity index (χ3n) is 5.01. The van der Waals surface area contributed by atoms with Crippen LogP contribution in [0.1, 0.15) is 25.0 Å². The van der Waals surface area contributed by atoms with Crippen LogP contribution in [0.3, 0.4) is 0 Å². The number of nitrogens with one attached hydrogen (secondary N) is 1. The summed E-state index contributed by atoms with van der Waals surface area (Å²) in [4.78, 5) is 13.0. The van der Waals surface area contributed by atoms with E-state index in [-0.39, 0.29) is 18.0 Å². The number of rotatable bonds is 10. The Kier molecular flexibility index (Phi) is 7.89. The highest BCUT2D eigenvalue weighted by Gasteiger charge is 2.28. The number of sulfonamides is 1. The van der Waals surface area contributed by atoms with Crippen LogP contribution in [0, 0.1) is 0 Å².